The Morgan fingerprint density at radius 1 is 1.04 bits per heavy atom. The van der Waals surface area contributed by atoms with E-state index in [-0.39, 0.29) is 0 Å². The second-order valence-electron chi connectivity index (χ2n) is 6.82. The van der Waals surface area contributed by atoms with Gasteiger partial charge in [-0.1, -0.05) is 54.6 Å². The Balaban J connectivity index is 2.15. The summed E-state index contributed by atoms with van der Waals surface area (Å²) >= 11 is 0. The molecule has 146 valence electrons. The number of hydrogen-bond acceptors (Lipinski definition) is 4. The Kier molecular flexibility index (Phi) is 7.23. The van der Waals surface area contributed by atoms with Crippen LogP contribution in [-0.2, 0) is 16.1 Å². The fourth-order valence-electron chi connectivity index (χ4n) is 2.69. The highest BCUT2D eigenvalue weighted by molar-refractivity contribution is 6.37. The fraction of sp³-hybridized carbons (Fsp3) is 0.227. The zero-order valence-corrected chi connectivity index (χ0v) is 16.3. The average Bonchev–Trinajstić information content (AvgIpc) is 2.66. The van der Waals surface area contributed by atoms with Crippen molar-refractivity contribution in [2.24, 2.45) is 5.73 Å². The molecule has 0 radical (unpaired) electrons. The molecular formula is C22H25N3O3. The molecule has 0 aliphatic rings. The minimum atomic E-state index is -1.07. The van der Waals surface area contributed by atoms with Gasteiger partial charge in [0.05, 0.1) is 6.04 Å². The Morgan fingerprint density at radius 3 is 2.29 bits per heavy atom. The number of Topliss-reactive ketones (excluding diaryl/α,β-unsaturated/α-hetero) is 1. The second-order valence-corrected chi connectivity index (χ2v) is 6.82. The first-order chi connectivity index (χ1) is 13.3. The quantitative estimate of drug-likeness (QED) is 0.543. The lowest BCUT2D eigenvalue weighted by Gasteiger charge is -2.12. The van der Waals surface area contributed by atoms with Crippen LogP contribution in [0.2, 0.25) is 0 Å². The number of rotatable bonds is 8. The molecule has 0 spiro atoms. The first kappa shape index (κ1) is 21.1. The molecule has 0 saturated carbocycles. The Labute approximate surface area is 165 Å². The van der Waals surface area contributed by atoms with Crippen molar-refractivity contribution in [3.63, 3.8) is 0 Å². The highest BCUT2D eigenvalue weighted by atomic mass is 16.2. The van der Waals surface area contributed by atoms with E-state index < -0.39 is 23.6 Å². The topological polar surface area (TPSA) is 92.5 Å². The van der Waals surface area contributed by atoms with Gasteiger partial charge in [-0.15, -0.1) is 0 Å². The van der Waals surface area contributed by atoms with E-state index in [2.05, 4.69) is 22.3 Å². The lowest BCUT2D eigenvalue weighted by molar-refractivity contribution is -0.136. The number of ketones is 1. The summed E-state index contributed by atoms with van der Waals surface area (Å²) in [5.74, 6) is -2.35. The minimum Gasteiger partial charge on any atom is -0.363 e. The van der Waals surface area contributed by atoms with Gasteiger partial charge in [0.1, 0.15) is 0 Å². The maximum Gasteiger partial charge on any atom is 0.287 e. The first-order valence-electron chi connectivity index (χ1n) is 8.93. The summed E-state index contributed by atoms with van der Waals surface area (Å²) in [4.78, 5) is 37.2. The molecule has 0 aliphatic carbocycles. The third-order valence-corrected chi connectivity index (χ3v) is 4.12. The van der Waals surface area contributed by atoms with Crippen LogP contribution in [0, 0.1) is 0 Å². The molecule has 6 heteroatoms. The molecule has 1 unspecified atom stereocenters. The molecular weight excluding hydrogens is 354 g/mol. The number of nitrogens with two attached hydrogens (primary N) is 1. The molecule has 2 amide bonds. The van der Waals surface area contributed by atoms with Gasteiger partial charge in [-0.05, 0) is 43.8 Å². The highest BCUT2D eigenvalue weighted by Crippen LogP contribution is 2.15. The van der Waals surface area contributed by atoms with Crippen molar-refractivity contribution in [1.29, 1.82) is 0 Å². The van der Waals surface area contributed by atoms with Gasteiger partial charge in [0.25, 0.3) is 11.8 Å². The maximum atomic E-state index is 12.5. The van der Waals surface area contributed by atoms with E-state index in [0.717, 1.165) is 12.1 Å². The molecule has 6 nitrogen and oxygen atoms in total. The largest absolute Gasteiger partial charge is 0.363 e. The zero-order chi connectivity index (χ0) is 20.7. The summed E-state index contributed by atoms with van der Waals surface area (Å²) in [6.45, 7) is 2.30. The SMILES string of the molecule is CC(NC(=O)c1ccccc1C=Cc1ccc(CN(C)C)cc1)C(=O)C(N)=O. The predicted octanol–water partition coefficient (Wildman–Crippen LogP) is 2.09. The molecule has 0 saturated heterocycles. The number of carbonyl (C=O) groups is 3. The van der Waals surface area contributed by atoms with E-state index in [0.29, 0.717) is 11.1 Å². The van der Waals surface area contributed by atoms with E-state index >= 15 is 0 Å². The van der Waals surface area contributed by atoms with E-state index in [1.807, 2.05) is 50.5 Å². The molecule has 0 bridgehead atoms. The van der Waals surface area contributed by atoms with E-state index in [4.69, 9.17) is 5.73 Å². The average molecular weight is 379 g/mol. The zero-order valence-electron chi connectivity index (χ0n) is 16.3. The molecule has 2 rings (SSSR count). The molecule has 0 aromatic heterocycles. The Bertz CT molecular complexity index is 886. The smallest absolute Gasteiger partial charge is 0.287 e. The molecule has 0 heterocycles. The third-order valence-electron chi connectivity index (χ3n) is 4.12. The van der Waals surface area contributed by atoms with E-state index in [1.165, 1.54) is 12.5 Å². The maximum absolute atomic E-state index is 12.5. The summed E-state index contributed by atoms with van der Waals surface area (Å²) in [5.41, 5.74) is 8.32. The number of primary amides is 1. The van der Waals surface area contributed by atoms with Crippen molar-refractivity contribution in [1.82, 2.24) is 10.2 Å². The van der Waals surface area contributed by atoms with Gasteiger partial charge in [0.15, 0.2) is 0 Å². The van der Waals surface area contributed by atoms with Crippen molar-refractivity contribution in [2.45, 2.75) is 19.5 Å². The van der Waals surface area contributed by atoms with Crippen LogP contribution in [0.15, 0.2) is 48.5 Å². The van der Waals surface area contributed by atoms with Crippen LogP contribution in [0.5, 0.6) is 0 Å². The fourth-order valence-corrected chi connectivity index (χ4v) is 2.69. The van der Waals surface area contributed by atoms with Crippen LogP contribution in [0.4, 0.5) is 0 Å². The number of amides is 2. The monoisotopic (exact) mass is 379 g/mol. The number of carbonyl (C=O) groups excluding carboxylic acids is 3. The summed E-state index contributed by atoms with van der Waals surface area (Å²) in [6.07, 6.45) is 3.76. The van der Waals surface area contributed by atoms with Gasteiger partial charge in [-0.2, -0.15) is 0 Å². The summed E-state index contributed by atoms with van der Waals surface area (Å²) < 4.78 is 0. The van der Waals surface area contributed by atoms with Crippen molar-refractivity contribution >= 4 is 29.7 Å². The van der Waals surface area contributed by atoms with Gasteiger partial charge in [0, 0.05) is 12.1 Å². The van der Waals surface area contributed by atoms with Crippen molar-refractivity contribution in [3.05, 3.63) is 70.8 Å². The van der Waals surface area contributed by atoms with Crippen LogP contribution in [0.3, 0.4) is 0 Å². The van der Waals surface area contributed by atoms with Gasteiger partial charge >= 0.3 is 0 Å². The molecule has 3 N–H and O–H groups in total. The highest BCUT2D eigenvalue weighted by Gasteiger charge is 2.21. The van der Waals surface area contributed by atoms with Crippen molar-refractivity contribution in [2.75, 3.05) is 14.1 Å². The number of hydrogen-bond donors (Lipinski definition) is 2. The van der Waals surface area contributed by atoms with Crippen molar-refractivity contribution < 1.29 is 14.4 Å². The molecule has 1 atom stereocenters. The first-order valence-corrected chi connectivity index (χ1v) is 8.93. The second kappa shape index (κ2) is 9.62. The standard InChI is InChI=1S/C22H25N3O3/c1-15(20(26)21(23)27)24-22(28)19-7-5-4-6-18(19)13-12-16-8-10-17(11-9-16)14-25(2)3/h4-13,15H,14H2,1-3H3,(H2,23,27)(H,24,28). The van der Waals surface area contributed by atoms with Crippen LogP contribution in [0.1, 0.15) is 34.0 Å². The van der Waals surface area contributed by atoms with Gasteiger partial charge in [-0.3, -0.25) is 14.4 Å². The number of nitrogens with one attached hydrogen (secondary N) is 1. The number of benzene rings is 2. The molecule has 0 aliphatic heterocycles. The number of nitrogens with zero attached hydrogens (tertiary/aromatic N) is 1. The molecule has 2 aromatic carbocycles. The third kappa shape index (κ3) is 5.89. The van der Waals surface area contributed by atoms with E-state index in [9.17, 15) is 14.4 Å². The van der Waals surface area contributed by atoms with Crippen LogP contribution in [-0.4, -0.2) is 42.6 Å². The predicted molar refractivity (Wildman–Crippen MR) is 110 cm³/mol. The molecule has 28 heavy (non-hydrogen) atoms. The van der Waals surface area contributed by atoms with Gasteiger partial charge in [-0.25, -0.2) is 0 Å². The van der Waals surface area contributed by atoms with Crippen LogP contribution in [0.25, 0.3) is 12.2 Å². The lowest BCUT2D eigenvalue weighted by atomic mass is 10.0. The van der Waals surface area contributed by atoms with Crippen LogP contribution >= 0.6 is 0 Å². The molecule has 2 aromatic rings. The van der Waals surface area contributed by atoms with E-state index in [1.54, 1.807) is 12.1 Å². The van der Waals surface area contributed by atoms with Gasteiger partial charge in [0.2, 0.25) is 5.78 Å². The van der Waals surface area contributed by atoms with Crippen LogP contribution < -0.4 is 11.1 Å². The normalized spacial score (nSPS) is 12.1. The Hall–Kier alpha value is -3.25. The molecule has 0 fully saturated rings. The Morgan fingerprint density at radius 2 is 1.68 bits per heavy atom. The summed E-state index contributed by atoms with van der Waals surface area (Å²) in [6, 6.07) is 14.2. The van der Waals surface area contributed by atoms with Gasteiger partial charge < -0.3 is 16.0 Å². The van der Waals surface area contributed by atoms with Crippen molar-refractivity contribution in [3.8, 4) is 0 Å². The lowest BCUT2D eigenvalue weighted by Crippen LogP contribution is -2.44. The summed E-state index contributed by atoms with van der Waals surface area (Å²) in [7, 11) is 4.04. The minimum absolute atomic E-state index is 0.409. The summed E-state index contributed by atoms with van der Waals surface area (Å²) in [5, 5.41) is 2.51.